The first-order valence-electron chi connectivity index (χ1n) is 8.11. The van der Waals surface area contributed by atoms with Gasteiger partial charge in [0, 0.05) is 23.3 Å². The van der Waals surface area contributed by atoms with Gasteiger partial charge in [0.1, 0.15) is 24.0 Å². The maximum Gasteiger partial charge on any atom is 0.252 e. The lowest BCUT2D eigenvalue weighted by molar-refractivity contribution is -0.117. The predicted molar refractivity (Wildman–Crippen MR) is 95.0 cm³/mol. The Kier molecular flexibility index (Phi) is 4.10. The second kappa shape index (κ2) is 6.42. The number of hydrogen-bond acceptors (Lipinski definition) is 6. The summed E-state index contributed by atoms with van der Waals surface area (Å²) >= 11 is 6.15. The van der Waals surface area contributed by atoms with Crippen LogP contribution in [-0.4, -0.2) is 36.4 Å². The zero-order valence-electron chi connectivity index (χ0n) is 13.7. The Labute approximate surface area is 150 Å². The molecule has 0 aromatic heterocycles. The van der Waals surface area contributed by atoms with Crippen LogP contribution in [-0.2, 0) is 4.79 Å². The molecule has 1 amide bonds. The molecule has 3 heterocycles. The van der Waals surface area contributed by atoms with Gasteiger partial charge < -0.3 is 15.4 Å². The van der Waals surface area contributed by atoms with E-state index in [0.29, 0.717) is 41.9 Å². The molecule has 0 spiro atoms. The fraction of sp³-hybridized carbons (Fsp3) is 0.294. The lowest BCUT2D eigenvalue weighted by Crippen LogP contribution is -2.39. The van der Waals surface area contributed by atoms with E-state index in [1.807, 2.05) is 31.3 Å². The number of nitrogens with one attached hydrogen (secondary N) is 3. The van der Waals surface area contributed by atoms with Crippen LogP contribution in [0.15, 0.2) is 46.9 Å². The number of amides is 1. The van der Waals surface area contributed by atoms with Crippen molar-refractivity contribution < 1.29 is 9.53 Å². The quantitative estimate of drug-likeness (QED) is 0.653. The largest absolute Gasteiger partial charge is 0.491 e. The van der Waals surface area contributed by atoms with Gasteiger partial charge in [-0.3, -0.25) is 14.8 Å². The highest BCUT2D eigenvalue weighted by Crippen LogP contribution is 2.31. The van der Waals surface area contributed by atoms with Crippen molar-refractivity contribution in [3.8, 4) is 5.75 Å². The Bertz CT molecular complexity index is 817. The molecule has 1 atom stereocenters. The molecule has 1 aromatic rings. The molecular formula is C17H18ClN5O2. The Morgan fingerprint density at radius 3 is 3.16 bits per heavy atom. The molecule has 7 nitrogen and oxygen atoms in total. The number of benzene rings is 1. The molecule has 1 aromatic carbocycles. The summed E-state index contributed by atoms with van der Waals surface area (Å²) in [7, 11) is 0. The Morgan fingerprint density at radius 1 is 1.40 bits per heavy atom. The number of ether oxygens (including phenoxy) is 1. The van der Waals surface area contributed by atoms with Crippen molar-refractivity contribution in [3.63, 3.8) is 0 Å². The first kappa shape index (κ1) is 16.0. The summed E-state index contributed by atoms with van der Waals surface area (Å²) in [6.45, 7) is 3.22. The SMILES string of the molecule is CC1N=C2C=CN3NCC(=C3N2)C(=O)NCCOc2ccc(Cl)cc21. The first-order valence-corrected chi connectivity index (χ1v) is 8.49. The van der Waals surface area contributed by atoms with Gasteiger partial charge in [-0.25, -0.2) is 5.43 Å². The highest BCUT2D eigenvalue weighted by Gasteiger charge is 2.29. The highest BCUT2D eigenvalue weighted by molar-refractivity contribution is 6.30. The minimum Gasteiger partial charge on any atom is -0.491 e. The number of fused-ring (bicyclic) bond motifs is 2. The topological polar surface area (TPSA) is 78.0 Å². The number of amidine groups is 1. The van der Waals surface area contributed by atoms with E-state index >= 15 is 0 Å². The van der Waals surface area contributed by atoms with Crippen LogP contribution in [0.4, 0.5) is 0 Å². The van der Waals surface area contributed by atoms with Gasteiger partial charge in [-0.15, -0.1) is 0 Å². The monoisotopic (exact) mass is 359 g/mol. The minimum absolute atomic E-state index is 0.126. The van der Waals surface area contributed by atoms with Crippen molar-refractivity contribution in [2.75, 3.05) is 19.7 Å². The molecule has 130 valence electrons. The average molecular weight is 360 g/mol. The summed E-state index contributed by atoms with van der Waals surface area (Å²) in [6, 6.07) is 5.33. The van der Waals surface area contributed by atoms with Crippen LogP contribution in [0, 0.1) is 0 Å². The van der Waals surface area contributed by atoms with Gasteiger partial charge in [0.15, 0.2) is 0 Å². The minimum atomic E-state index is -0.157. The fourth-order valence-electron chi connectivity index (χ4n) is 2.99. The van der Waals surface area contributed by atoms with Crippen molar-refractivity contribution in [2.45, 2.75) is 13.0 Å². The first-order chi connectivity index (χ1) is 12.1. The second-order valence-electron chi connectivity index (χ2n) is 5.95. The normalized spacial score (nSPS) is 22.6. The number of carbonyl (C=O) groups is 1. The molecule has 25 heavy (non-hydrogen) atoms. The number of hydrazine groups is 1. The van der Waals surface area contributed by atoms with Crippen molar-refractivity contribution in [1.29, 1.82) is 0 Å². The summed E-state index contributed by atoms with van der Waals surface area (Å²) in [6.07, 6.45) is 3.71. The summed E-state index contributed by atoms with van der Waals surface area (Å²) in [5, 5.41) is 8.54. The molecule has 3 aliphatic rings. The molecule has 0 fully saturated rings. The van der Waals surface area contributed by atoms with Gasteiger partial charge in [0.2, 0.25) is 0 Å². The van der Waals surface area contributed by atoms with Crippen LogP contribution in [0.1, 0.15) is 18.5 Å². The molecule has 0 radical (unpaired) electrons. The molecule has 3 aliphatic heterocycles. The molecule has 2 bridgehead atoms. The summed E-state index contributed by atoms with van der Waals surface area (Å²) in [4.78, 5) is 17.1. The Morgan fingerprint density at radius 2 is 2.28 bits per heavy atom. The second-order valence-corrected chi connectivity index (χ2v) is 6.39. The lowest BCUT2D eigenvalue weighted by atomic mass is 10.1. The van der Waals surface area contributed by atoms with E-state index in [9.17, 15) is 4.79 Å². The zero-order valence-corrected chi connectivity index (χ0v) is 14.4. The van der Waals surface area contributed by atoms with Gasteiger partial charge in [0.05, 0.1) is 18.2 Å². The van der Waals surface area contributed by atoms with Gasteiger partial charge in [-0.1, -0.05) is 11.6 Å². The third-order valence-corrected chi connectivity index (χ3v) is 4.49. The third-order valence-electron chi connectivity index (χ3n) is 4.25. The molecule has 4 rings (SSSR count). The molecule has 0 aliphatic carbocycles. The molecule has 0 saturated heterocycles. The van der Waals surface area contributed by atoms with Crippen molar-refractivity contribution in [2.24, 2.45) is 4.99 Å². The number of hydrogen-bond donors (Lipinski definition) is 3. The van der Waals surface area contributed by atoms with Crippen molar-refractivity contribution in [3.05, 3.63) is 52.5 Å². The van der Waals surface area contributed by atoms with Crippen LogP contribution in [0.25, 0.3) is 0 Å². The smallest absolute Gasteiger partial charge is 0.252 e. The number of rotatable bonds is 0. The summed E-state index contributed by atoms with van der Waals surface area (Å²) < 4.78 is 5.84. The summed E-state index contributed by atoms with van der Waals surface area (Å²) in [5.41, 5.74) is 4.68. The van der Waals surface area contributed by atoms with E-state index in [1.165, 1.54) is 0 Å². The van der Waals surface area contributed by atoms with E-state index < -0.39 is 0 Å². The average Bonchev–Trinajstić information content (AvgIpc) is 3.02. The molecule has 0 saturated carbocycles. The van der Waals surface area contributed by atoms with Crippen LogP contribution in [0.3, 0.4) is 0 Å². The van der Waals surface area contributed by atoms with Crippen LogP contribution >= 0.6 is 11.6 Å². The predicted octanol–water partition coefficient (Wildman–Crippen LogP) is 1.46. The van der Waals surface area contributed by atoms with Gasteiger partial charge in [-0.05, 0) is 31.2 Å². The van der Waals surface area contributed by atoms with E-state index in [0.717, 1.165) is 11.3 Å². The highest BCUT2D eigenvalue weighted by atomic mass is 35.5. The van der Waals surface area contributed by atoms with Crippen LogP contribution in [0.2, 0.25) is 5.02 Å². The van der Waals surface area contributed by atoms with Crippen LogP contribution in [0.5, 0.6) is 5.75 Å². The fourth-order valence-corrected chi connectivity index (χ4v) is 3.17. The standard InChI is InChI=1S/C17H18ClN5O2/c1-10-12-8-11(18)2-3-14(12)25-7-5-19-17(24)13-9-20-23-6-4-15(21-10)22-16(13)23/h2-4,6,8,10,20H,5,7,9H2,1H3,(H,19,24)(H,21,22). The van der Waals surface area contributed by atoms with Crippen molar-refractivity contribution in [1.82, 2.24) is 21.1 Å². The molecule has 8 heteroatoms. The third kappa shape index (κ3) is 3.08. The molecule has 1 unspecified atom stereocenters. The Balaban J connectivity index is 1.76. The van der Waals surface area contributed by atoms with E-state index in [1.54, 1.807) is 11.1 Å². The van der Waals surface area contributed by atoms with Crippen LogP contribution < -0.4 is 20.8 Å². The van der Waals surface area contributed by atoms with E-state index in [-0.39, 0.29) is 11.9 Å². The maximum atomic E-state index is 12.4. The number of halogens is 1. The van der Waals surface area contributed by atoms with Crippen molar-refractivity contribution >= 4 is 23.3 Å². The van der Waals surface area contributed by atoms with Gasteiger partial charge in [-0.2, -0.15) is 0 Å². The number of aliphatic imine (C=N–C) groups is 1. The zero-order chi connectivity index (χ0) is 17.4. The summed E-state index contributed by atoms with van der Waals surface area (Å²) in [5.74, 6) is 1.98. The van der Waals surface area contributed by atoms with Gasteiger partial charge >= 0.3 is 0 Å². The van der Waals surface area contributed by atoms with E-state index in [4.69, 9.17) is 21.3 Å². The number of carbonyl (C=O) groups excluding carboxylic acids is 1. The maximum absolute atomic E-state index is 12.4. The molecular weight excluding hydrogens is 342 g/mol. The Hall–Kier alpha value is -2.51. The molecule has 3 N–H and O–H groups in total. The number of nitrogens with zero attached hydrogens (tertiary/aromatic N) is 2. The van der Waals surface area contributed by atoms with Gasteiger partial charge in [0.25, 0.3) is 5.91 Å². The lowest BCUT2D eigenvalue weighted by Gasteiger charge is -2.24. The van der Waals surface area contributed by atoms with E-state index in [2.05, 4.69) is 16.1 Å².